The van der Waals surface area contributed by atoms with Crippen molar-refractivity contribution in [2.24, 2.45) is 0 Å². The van der Waals surface area contributed by atoms with Gasteiger partial charge >= 0.3 is 0 Å². The molecule has 2 unspecified atom stereocenters. The number of nitrogens with one attached hydrogen (secondary N) is 1. The van der Waals surface area contributed by atoms with Gasteiger partial charge in [0.2, 0.25) is 5.91 Å². The Bertz CT molecular complexity index is 401. The van der Waals surface area contributed by atoms with Crippen LogP contribution in [0.5, 0.6) is 0 Å². The predicted molar refractivity (Wildman–Crippen MR) is 84.9 cm³/mol. The van der Waals surface area contributed by atoms with E-state index in [0.29, 0.717) is 24.5 Å². The van der Waals surface area contributed by atoms with Crippen LogP contribution in [0.1, 0.15) is 51.9 Å². The molecule has 0 spiro atoms. The number of likely N-dealkylation sites (tertiary alicyclic amines) is 1. The van der Waals surface area contributed by atoms with Gasteiger partial charge in [0, 0.05) is 24.3 Å². The zero-order valence-electron chi connectivity index (χ0n) is 13.3. The van der Waals surface area contributed by atoms with Crippen LogP contribution in [-0.4, -0.2) is 54.0 Å². The van der Waals surface area contributed by atoms with Gasteiger partial charge in [-0.25, -0.2) is 0 Å². The van der Waals surface area contributed by atoms with Crippen molar-refractivity contribution in [1.29, 1.82) is 0 Å². The topological polar surface area (TPSA) is 35.6 Å². The Hall–Kier alpha value is -0.870. The molecule has 0 saturated carbocycles. The SMILES string of the molecule is CCN(C(=O)CN1CCCC1C1CCCN1)C1=CCCC1. The lowest BCUT2D eigenvalue weighted by Crippen LogP contribution is -2.48. The Balaban J connectivity index is 1.60. The summed E-state index contributed by atoms with van der Waals surface area (Å²) in [5.74, 6) is 0.301. The van der Waals surface area contributed by atoms with Gasteiger partial charge in [-0.15, -0.1) is 0 Å². The molecule has 0 bridgehead atoms. The van der Waals surface area contributed by atoms with Crippen molar-refractivity contribution in [3.8, 4) is 0 Å². The summed E-state index contributed by atoms with van der Waals surface area (Å²) in [6.07, 6.45) is 10.7. The van der Waals surface area contributed by atoms with Gasteiger partial charge in [-0.3, -0.25) is 9.69 Å². The summed E-state index contributed by atoms with van der Waals surface area (Å²) in [4.78, 5) is 17.2. The van der Waals surface area contributed by atoms with Crippen LogP contribution in [-0.2, 0) is 4.79 Å². The molecule has 4 nitrogen and oxygen atoms in total. The lowest BCUT2D eigenvalue weighted by Gasteiger charge is -2.31. The molecule has 118 valence electrons. The Morgan fingerprint density at radius 2 is 2.29 bits per heavy atom. The molecule has 2 heterocycles. The highest BCUT2D eigenvalue weighted by Gasteiger charge is 2.34. The third-order valence-electron chi connectivity index (χ3n) is 5.30. The van der Waals surface area contributed by atoms with Crippen molar-refractivity contribution in [1.82, 2.24) is 15.1 Å². The lowest BCUT2D eigenvalue weighted by atomic mass is 10.0. The van der Waals surface area contributed by atoms with Crippen molar-refractivity contribution >= 4 is 5.91 Å². The number of rotatable bonds is 5. The van der Waals surface area contributed by atoms with Crippen LogP contribution in [0.25, 0.3) is 0 Å². The van der Waals surface area contributed by atoms with E-state index in [4.69, 9.17) is 0 Å². The van der Waals surface area contributed by atoms with Crippen molar-refractivity contribution < 1.29 is 4.79 Å². The van der Waals surface area contributed by atoms with Gasteiger partial charge in [-0.2, -0.15) is 0 Å². The van der Waals surface area contributed by atoms with Crippen molar-refractivity contribution in [3.63, 3.8) is 0 Å². The molecule has 1 aliphatic carbocycles. The molecule has 0 aromatic rings. The van der Waals surface area contributed by atoms with Gasteiger partial charge in [0.05, 0.1) is 6.54 Å². The van der Waals surface area contributed by atoms with Gasteiger partial charge < -0.3 is 10.2 Å². The average molecular weight is 291 g/mol. The standard InChI is InChI=1S/C17H29N3O/c1-2-20(14-7-3-4-8-14)17(21)13-19-12-6-10-16(19)15-9-5-11-18-15/h7,15-16,18H,2-6,8-13H2,1H3. The van der Waals surface area contributed by atoms with E-state index >= 15 is 0 Å². The normalized spacial score (nSPS) is 29.9. The second kappa shape index (κ2) is 6.93. The Kier molecular flexibility index (Phi) is 4.96. The van der Waals surface area contributed by atoms with Gasteiger partial charge in [0.1, 0.15) is 0 Å². The third kappa shape index (κ3) is 3.32. The van der Waals surface area contributed by atoms with Crippen LogP contribution in [0, 0.1) is 0 Å². The van der Waals surface area contributed by atoms with Gasteiger partial charge in [-0.1, -0.05) is 6.08 Å². The van der Waals surface area contributed by atoms with E-state index in [1.165, 1.54) is 37.8 Å². The summed E-state index contributed by atoms with van der Waals surface area (Å²) in [6.45, 7) is 5.75. The van der Waals surface area contributed by atoms with Gasteiger partial charge in [0.15, 0.2) is 0 Å². The fourth-order valence-corrected chi connectivity index (χ4v) is 4.24. The molecule has 3 aliphatic rings. The number of hydrogen-bond donors (Lipinski definition) is 1. The van der Waals surface area contributed by atoms with Crippen molar-refractivity contribution in [2.75, 3.05) is 26.2 Å². The number of nitrogens with zero attached hydrogens (tertiary/aromatic N) is 2. The molecule has 1 N–H and O–H groups in total. The zero-order valence-corrected chi connectivity index (χ0v) is 13.3. The summed E-state index contributed by atoms with van der Waals surface area (Å²) in [5.41, 5.74) is 1.26. The first kappa shape index (κ1) is 15.0. The van der Waals surface area contributed by atoms with E-state index in [1.807, 2.05) is 4.90 Å². The Morgan fingerprint density at radius 1 is 1.38 bits per heavy atom. The summed E-state index contributed by atoms with van der Waals surface area (Å²) in [6, 6.07) is 1.19. The summed E-state index contributed by atoms with van der Waals surface area (Å²) in [5, 5.41) is 3.62. The molecule has 3 rings (SSSR count). The van der Waals surface area contributed by atoms with Gasteiger partial charge in [0.25, 0.3) is 0 Å². The lowest BCUT2D eigenvalue weighted by molar-refractivity contribution is -0.130. The predicted octanol–water partition coefficient (Wildman–Crippen LogP) is 2.12. The maximum atomic E-state index is 12.7. The van der Waals surface area contributed by atoms with Crippen LogP contribution in [0.4, 0.5) is 0 Å². The van der Waals surface area contributed by atoms with E-state index in [-0.39, 0.29) is 0 Å². The van der Waals surface area contributed by atoms with E-state index in [2.05, 4.69) is 23.2 Å². The summed E-state index contributed by atoms with van der Waals surface area (Å²) in [7, 11) is 0. The number of hydrogen-bond acceptors (Lipinski definition) is 3. The fourth-order valence-electron chi connectivity index (χ4n) is 4.24. The van der Waals surface area contributed by atoms with Crippen LogP contribution in [0.3, 0.4) is 0 Å². The van der Waals surface area contributed by atoms with E-state index in [1.54, 1.807) is 0 Å². The number of carbonyl (C=O) groups excluding carboxylic acids is 1. The molecule has 0 radical (unpaired) electrons. The summed E-state index contributed by atoms with van der Waals surface area (Å²) < 4.78 is 0. The molecule has 1 amide bonds. The molecule has 2 aliphatic heterocycles. The minimum Gasteiger partial charge on any atom is -0.316 e. The Morgan fingerprint density at radius 3 is 2.95 bits per heavy atom. The highest BCUT2D eigenvalue weighted by atomic mass is 16.2. The van der Waals surface area contributed by atoms with E-state index < -0.39 is 0 Å². The second-order valence-corrected chi connectivity index (χ2v) is 6.61. The highest BCUT2D eigenvalue weighted by molar-refractivity contribution is 5.80. The third-order valence-corrected chi connectivity index (χ3v) is 5.30. The summed E-state index contributed by atoms with van der Waals surface area (Å²) >= 11 is 0. The van der Waals surface area contributed by atoms with Gasteiger partial charge in [-0.05, 0) is 65.0 Å². The molecular weight excluding hydrogens is 262 g/mol. The van der Waals surface area contributed by atoms with E-state index in [9.17, 15) is 4.79 Å². The van der Waals surface area contributed by atoms with Crippen LogP contribution in [0.2, 0.25) is 0 Å². The first-order valence-corrected chi connectivity index (χ1v) is 8.76. The first-order valence-electron chi connectivity index (χ1n) is 8.76. The number of amides is 1. The molecule has 2 fully saturated rings. The van der Waals surface area contributed by atoms with E-state index in [0.717, 1.165) is 32.5 Å². The largest absolute Gasteiger partial charge is 0.316 e. The monoisotopic (exact) mass is 291 g/mol. The fraction of sp³-hybridized carbons (Fsp3) is 0.824. The molecule has 0 aromatic carbocycles. The molecular formula is C17H29N3O. The van der Waals surface area contributed by atoms with Crippen LogP contribution in [0.15, 0.2) is 11.8 Å². The highest BCUT2D eigenvalue weighted by Crippen LogP contribution is 2.26. The molecule has 0 aromatic heterocycles. The minimum absolute atomic E-state index is 0.301. The number of allylic oxidation sites excluding steroid dienone is 2. The van der Waals surface area contributed by atoms with Crippen LogP contribution < -0.4 is 5.32 Å². The first-order chi connectivity index (χ1) is 10.3. The smallest absolute Gasteiger partial charge is 0.240 e. The average Bonchev–Trinajstić information content (AvgIpc) is 3.21. The molecule has 4 heteroatoms. The maximum absolute atomic E-state index is 12.7. The minimum atomic E-state index is 0.301. The second-order valence-electron chi connectivity index (χ2n) is 6.61. The Labute approximate surface area is 128 Å². The van der Waals surface area contributed by atoms with Crippen LogP contribution >= 0.6 is 0 Å². The molecule has 2 saturated heterocycles. The molecule has 21 heavy (non-hydrogen) atoms. The number of carbonyl (C=O) groups is 1. The maximum Gasteiger partial charge on any atom is 0.240 e. The molecule has 2 atom stereocenters. The van der Waals surface area contributed by atoms with Crippen molar-refractivity contribution in [2.45, 2.75) is 64.0 Å². The van der Waals surface area contributed by atoms with Crippen molar-refractivity contribution in [3.05, 3.63) is 11.8 Å². The number of likely N-dealkylation sites (N-methyl/N-ethyl adjacent to an activating group) is 1. The quantitative estimate of drug-likeness (QED) is 0.843. The zero-order chi connectivity index (χ0) is 14.7.